The molecule has 0 radical (unpaired) electrons. The number of amides is 1. The van der Waals surface area contributed by atoms with Crippen LogP contribution in [0.1, 0.15) is 25.8 Å². The molecule has 1 saturated heterocycles. The molecular formula is C15H20N2O3S. The van der Waals surface area contributed by atoms with E-state index < -0.39 is 0 Å². The smallest absolute Gasteiger partial charge is 0.258 e. The van der Waals surface area contributed by atoms with E-state index in [0.29, 0.717) is 17.9 Å². The van der Waals surface area contributed by atoms with Crippen LogP contribution in [0, 0.1) is 0 Å². The van der Waals surface area contributed by atoms with Crippen molar-refractivity contribution in [3.63, 3.8) is 0 Å². The number of nitrogens with one attached hydrogen (secondary N) is 1. The Morgan fingerprint density at radius 2 is 2.29 bits per heavy atom. The molecule has 0 aromatic heterocycles. The highest BCUT2D eigenvalue weighted by Crippen LogP contribution is 2.25. The Morgan fingerprint density at radius 1 is 1.57 bits per heavy atom. The monoisotopic (exact) mass is 308 g/mol. The molecule has 114 valence electrons. The predicted molar refractivity (Wildman–Crippen MR) is 84.4 cm³/mol. The lowest BCUT2D eigenvalue weighted by Gasteiger charge is -2.28. The van der Waals surface area contributed by atoms with Gasteiger partial charge < -0.3 is 20.5 Å². The molecule has 1 aromatic rings. The minimum atomic E-state index is -0.344. The van der Waals surface area contributed by atoms with Crippen LogP contribution in [0.5, 0.6) is 5.75 Å². The summed E-state index contributed by atoms with van der Waals surface area (Å²) in [5.41, 5.74) is 5.91. The van der Waals surface area contributed by atoms with Crippen LogP contribution < -0.4 is 15.8 Å². The fourth-order valence-electron chi connectivity index (χ4n) is 2.29. The lowest BCUT2D eigenvalue weighted by atomic mass is 9.95. The van der Waals surface area contributed by atoms with Crippen molar-refractivity contribution in [3.05, 3.63) is 29.8 Å². The van der Waals surface area contributed by atoms with Crippen LogP contribution >= 0.6 is 12.2 Å². The molecule has 1 aliphatic heterocycles. The lowest BCUT2D eigenvalue weighted by molar-refractivity contribution is -0.125. The molecule has 21 heavy (non-hydrogen) atoms. The van der Waals surface area contributed by atoms with Gasteiger partial charge in [0.2, 0.25) is 0 Å². The van der Waals surface area contributed by atoms with Crippen molar-refractivity contribution in [2.24, 2.45) is 5.73 Å². The maximum atomic E-state index is 12.0. The number of carbonyl (C=O) groups is 1. The van der Waals surface area contributed by atoms with Crippen LogP contribution in [0.25, 0.3) is 0 Å². The number of hydrogen-bond acceptors (Lipinski definition) is 4. The zero-order chi connectivity index (χ0) is 15.5. The van der Waals surface area contributed by atoms with E-state index in [4.69, 9.17) is 27.4 Å². The minimum Gasteiger partial charge on any atom is -0.483 e. The summed E-state index contributed by atoms with van der Waals surface area (Å²) in [7, 11) is 0. The highest BCUT2D eigenvalue weighted by Gasteiger charge is 2.38. The van der Waals surface area contributed by atoms with Gasteiger partial charge in [-0.25, -0.2) is 0 Å². The second-order valence-corrected chi connectivity index (χ2v) is 5.82. The van der Waals surface area contributed by atoms with Gasteiger partial charge in [-0.05, 0) is 32.4 Å². The van der Waals surface area contributed by atoms with E-state index in [-0.39, 0.29) is 29.1 Å². The summed E-state index contributed by atoms with van der Waals surface area (Å²) >= 11 is 4.96. The van der Waals surface area contributed by atoms with Crippen LogP contribution in [-0.4, -0.2) is 35.8 Å². The SMILES string of the molecule is CC1OCCC1(C)NC(=O)COc1ccccc1C(N)=S. The third-order valence-electron chi connectivity index (χ3n) is 3.82. The molecule has 1 aliphatic rings. The van der Waals surface area contributed by atoms with Gasteiger partial charge in [0.05, 0.1) is 17.2 Å². The van der Waals surface area contributed by atoms with Gasteiger partial charge >= 0.3 is 0 Å². The van der Waals surface area contributed by atoms with Crippen molar-refractivity contribution in [2.75, 3.05) is 13.2 Å². The predicted octanol–water partition coefficient (Wildman–Crippen LogP) is 1.38. The topological polar surface area (TPSA) is 73.6 Å². The van der Waals surface area contributed by atoms with Crippen LogP contribution in [-0.2, 0) is 9.53 Å². The van der Waals surface area contributed by atoms with Crippen molar-refractivity contribution in [2.45, 2.75) is 31.9 Å². The van der Waals surface area contributed by atoms with E-state index in [0.717, 1.165) is 6.42 Å². The Balaban J connectivity index is 1.94. The second kappa shape index (κ2) is 6.41. The standard InChI is InChI=1S/C15H20N2O3S/c1-10-15(2,7-8-19-10)17-13(18)9-20-12-6-4-3-5-11(12)14(16)21/h3-6,10H,7-9H2,1-2H3,(H2,16,21)(H,17,18). The normalized spacial score (nSPS) is 24.6. The molecule has 6 heteroatoms. The molecule has 5 nitrogen and oxygen atoms in total. The van der Waals surface area contributed by atoms with Gasteiger partial charge in [0.15, 0.2) is 6.61 Å². The number of hydrogen-bond donors (Lipinski definition) is 2. The summed E-state index contributed by atoms with van der Waals surface area (Å²) < 4.78 is 11.0. The molecule has 1 aromatic carbocycles. The van der Waals surface area contributed by atoms with E-state index in [2.05, 4.69) is 5.32 Å². The van der Waals surface area contributed by atoms with Crippen LogP contribution in [0.4, 0.5) is 0 Å². The summed E-state index contributed by atoms with van der Waals surface area (Å²) in [5.74, 6) is 0.327. The fraction of sp³-hybridized carbons (Fsp3) is 0.467. The van der Waals surface area contributed by atoms with Crippen molar-refractivity contribution < 1.29 is 14.3 Å². The quantitative estimate of drug-likeness (QED) is 0.804. The van der Waals surface area contributed by atoms with Crippen molar-refractivity contribution in [3.8, 4) is 5.75 Å². The third-order valence-corrected chi connectivity index (χ3v) is 4.04. The number of benzene rings is 1. The fourth-order valence-corrected chi connectivity index (χ4v) is 2.46. The number of para-hydroxylation sites is 1. The molecule has 3 N–H and O–H groups in total. The highest BCUT2D eigenvalue weighted by atomic mass is 32.1. The Morgan fingerprint density at radius 3 is 2.90 bits per heavy atom. The maximum Gasteiger partial charge on any atom is 0.258 e. The number of thiocarbonyl (C=S) groups is 1. The van der Waals surface area contributed by atoms with Crippen molar-refractivity contribution in [1.29, 1.82) is 0 Å². The first kappa shape index (κ1) is 15.7. The molecule has 2 rings (SSSR count). The summed E-state index contributed by atoms with van der Waals surface area (Å²) in [6.45, 7) is 4.51. The summed E-state index contributed by atoms with van der Waals surface area (Å²) in [6.07, 6.45) is 0.786. The first-order chi connectivity index (χ1) is 9.92. The average molecular weight is 308 g/mol. The molecule has 0 spiro atoms. The zero-order valence-corrected chi connectivity index (χ0v) is 13.0. The Kier molecular flexibility index (Phi) is 4.80. The van der Waals surface area contributed by atoms with Gasteiger partial charge in [0.25, 0.3) is 5.91 Å². The maximum absolute atomic E-state index is 12.0. The van der Waals surface area contributed by atoms with Gasteiger partial charge in [-0.1, -0.05) is 24.4 Å². The van der Waals surface area contributed by atoms with E-state index in [9.17, 15) is 4.79 Å². The van der Waals surface area contributed by atoms with Gasteiger partial charge in [-0.3, -0.25) is 4.79 Å². The van der Waals surface area contributed by atoms with Crippen LogP contribution in [0.2, 0.25) is 0 Å². The second-order valence-electron chi connectivity index (χ2n) is 5.38. The first-order valence-corrected chi connectivity index (χ1v) is 7.27. The molecule has 1 fully saturated rings. The van der Waals surface area contributed by atoms with Crippen molar-refractivity contribution in [1.82, 2.24) is 5.32 Å². The molecule has 1 heterocycles. The first-order valence-electron chi connectivity index (χ1n) is 6.86. The molecule has 2 atom stereocenters. The van der Waals surface area contributed by atoms with Gasteiger partial charge in [-0.2, -0.15) is 0 Å². The van der Waals surface area contributed by atoms with Crippen LogP contribution in [0.3, 0.4) is 0 Å². The van der Waals surface area contributed by atoms with E-state index in [1.54, 1.807) is 12.1 Å². The van der Waals surface area contributed by atoms with Crippen molar-refractivity contribution >= 4 is 23.1 Å². The molecular weight excluding hydrogens is 288 g/mol. The average Bonchev–Trinajstić information content (AvgIpc) is 2.76. The largest absolute Gasteiger partial charge is 0.483 e. The summed E-state index contributed by atoms with van der Waals surface area (Å²) in [6, 6.07) is 7.14. The summed E-state index contributed by atoms with van der Waals surface area (Å²) in [5, 5.41) is 2.97. The van der Waals surface area contributed by atoms with Gasteiger partial charge in [-0.15, -0.1) is 0 Å². The highest BCUT2D eigenvalue weighted by molar-refractivity contribution is 7.80. The number of ether oxygens (including phenoxy) is 2. The molecule has 0 bridgehead atoms. The van der Waals surface area contributed by atoms with Gasteiger partial charge in [0.1, 0.15) is 10.7 Å². The number of nitrogens with two attached hydrogens (primary N) is 1. The van der Waals surface area contributed by atoms with E-state index >= 15 is 0 Å². The molecule has 0 saturated carbocycles. The Hall–Kier alpha value is -1.66. The van der Waals surface area contributed by atoms with E-state index in [1.165, 1.54) is 0 Å². The van der Waals surface area contributed by atoms with Crippen LogP contribution in [0.15, 0.2) is 24.3 Å². The third kappa shape index (κ3) is 3.71. The number of rotatable bonds is 5. The molecule has 1 amide bonds. The summed E-state index contributed by atoms with van der Waals surface area (Å²) in [4.78, 5) is 12.3. The zero-order valence-electron chi connectivity index (χ0n) is 12.2. The number of carbonyl (C=O) groups excluding carboxylic acids is 1. The Bertz CT molecular complexity index is 549. The Labute approximate surface area is 129 Å². The van der Waals surface area contributed by atoms with E-state index in [1.807, 2.05) is 26.0 Å². The minimum absolute atomic E-state index is 0.00893. The molecule has 0 aliphatic carbocycles. The molecule has 2 unspecified atom stereocenters. The lowest BCUT2D eigenvalue weighted by Crippen LogP contribution is -2.52. The van der Waals surface area contributed by atoms with Gasteiger partial charge in [0, 0.05) is 6.61 Å².